The standard InChI is InChI=1S/C19H25NO/c1-14-7-6-12-20-15(2)13-17(19(14)20)18(21)11-10-16-8-4-3-5-9-16/h6-7,12-13,16H,3-5,8-11H2,1-2H3. The lowest BCUT2D eigenvalue weighted by Crippen LogP contribution is -2.09. The molecular weight excluding hydrogens is 258 g/mol. The molecule has 0 aliphatic heterocycles. The van der Waals surface area contributed by atoms with Crippen LogP contribution in [0.4, 0.5) is 0 Å². The molecular formula is C19H25NO. The third-order valence-electron chi connectivity index (χ3n) is 4.99. The lowest BCUT2D eigenvalue weighted by atomic mass is 9.85. The first-order valence-electron chi connectivity index (χ1n) is 8.27. The van der Waals surface area contributed by atoms with Crippen LogP contribution in [0, 0.1) is 19.8 Å². The van der Waals surface area contributed by atoms with Gasteiger partial charge in [-0.25, -0.2) is 0 Å². The number of aryl methyl sites for hydroxylation is 2. The van der Waals surface area contributed by atoms with Gasteiger partial charge in [0.15, 0.2) is 5.78 Å². The van der Waals surface area contributed by atoms with Crippen molar-refractivity contribution in [2.45, 2.75) is 58.8 Å². The molecule has 2 aromatic heterocycles. The third-order valence-corrected chi connectivity index (χ3v) is 4.99. The molecule has 0 bridgehead atoms. The second-order valence-electron chi connectivity index (χ2n) is 6.58. The Kier molecular flexibility index (Phi) is 4.14. The van der Waals surface area contributed by atoms with Crippen molar-refractivity contribution in [1.82, 2.24) is 4.40 Å². The second-order valence-corrected chi connectivity index (χ2v) is 6.58. The van der Waals surface area contributed by atoms with E-state index in [-0.39, 0.29) is 0 Å². The van der Waals surface area contributed by atoms with Gasteiger partial charge in [-0.1, -0.05) is 38.2 Å². The predicted molar refractivity (Wildman–Crippen MR) is 87.0 cm³/mol. The van der Waals surface area contributed by atoms with Crippen LogP contribution in [0.2, 0.25) is 0 Å². The zero-order valence-corrected chi connectivity index (χ0v) is 13.2. The minimum Gasteiger partial charge on any atom is -0.320 e. The Hall–Kier alpha value is -1.57. The molecule has 1 fully saturated rings. The smallest absolute Gasteiger partial charge is 0.165 e. The Morgan fingerprint density at radius 2 is 2.00 bits per heavy atom. The molecule has 1 saturated carbocycles. The Bertz CT molecular complexity index is 647. The molecule has 0 unspecified atom stereocenters. The summed E-state index contributed by atoms with van der Waals surface area (Å²) in [6, 6.07) is 6.20. The fraction of sp³-hybridized carbons (Fsp3) is 0.526. The molecule has 0 amide bonds. The Morgan fingerprint density at radius 3 is 2.76 bits per heavy atom. The van der Waals surface area contributed by atoms with Gasteiger partial charge in [0.1, 0.15) is 0 Å². The maximum atomic E-state index is 12.7. The molecule has 0 radical (unpaired) electrons. The highest BCUT2D eigenvalue weighted by Crippen LogP contribution is 2.29. The van der Waals surface area contributed by atoms with E-state index in [9.17, 15) is 4.79 Å². The van der Waals surface area contributed by atoms with E-state index in [0.717, 1.165) is 29.1 Å². The minimum absolute atomic E-state index is 0.320. The van der Waals surface area contributed by atoms with Gasteiger partial charge in [-0.05, 0) is 43.9 Å². The van der Waals surface area contributed by atoms with Gasteiger partial charge >= 0.3 is 0 Å². The lowest BCUT2D eigenvalue weighted by molar-refractivity contribution is 0.0972. The molecule has 2 heterocycles. The van der Waals surface area contributed by atoms with Crippen molar-refractivity contribution in [1.29, 1.82) is 0 Å². The summed E-state index contributed by atoms with van der Waals surface area (Å²) in [6.07, 6.45) is 10.6. The summed E-state index contributed by atoms with van der Waals surface area (Å²) in [5, 5.41) is 0. The minimum atomic E-state index is 0.320. The molecule has 21 heavy (non-hydrogen) atoms. The summed E-state index contributed by atoms with van der Waals surface area (Å²) in [7, 11) is 0. The highest BCUT2D eigenvalue weighted by Gasteiger charge is 2.18. The summed E-state index contributed by atoms with van der Waals surface area (Å²) in [4.78, 5) is 12.7. The summed E-state index contributed by atoms with van der Waals surface area (Å²) in [5.41, 5.74) is 4.35. The van der Waals surface area contributed by atoms with Gasteiger partial charge in [0, 0.05) is 23.9 Å². The van der Waals surface area contributed by atoms with E-state index in [1.807, 2.05) is 6.07 Å². The molecule has 0 N–H and O–H groups in total. The van der Waals surface area contributed by atoms with Gasteiger partial charge in [0.25, 0.3) is 0 Å². The van der Waals surface area contributed by atoms with Gasteiger partial charge in [0.05, 0.1) is 5.52 Å². The molecule has 2 nitrogen and oxygen atoms in total. The Labute approximate surface area is 127 Å². The van der Waals surface area contributed by atoms with Crippen LogP contribution in [0.25, 0.3) is 5.52 Å². The van der Waals surface area contributed by atoms with Crippen LogP contribution in [-0.4, -0.2) is 10.2 Å². The molecule has 0 spiro atoms. The van der Waals surface area contributed by atoms with Gasteiger partial charge in [-0.15, -0.1) is 0 Å². The molecule has 1 aliphatic rings. The van der Waals surface area contributed by atoms with Crippen molar-refractivity contribution in [2.24, 2.45) is 5.92 Å². The molecule has 2 heteroatoms. The highest BCUT2D eigenvalue weighted by atomic mass is 16.1. The summed E-state index contributed by atoms with van der Waals surface area (Å²) in [5.74, 6) is 1.10. The fourth-order valence-corrected chi connectivity index (χ4v) is 3.76. The average molecular weight is 283 g/mol. The van der Waals surface area contributed by atoms with Crippen LogP contribution < -0.4 is 0 Å². The van der Waals surface area contributed by atoms with E-state index < -0.39 is 0 Å². The van der Waals surface area contributed by atoms with Gasteiger partial charge < -0.3 is 4.40 Å². The number of ketones is 1. The van der Waals surface area contributed by atoms with Crippen LogP contribution in [0.3, 0.4) is 0 Å². The Balaban J connectivity index is 1.78. The van der Waals surface area contributed by atoms with Crippen LogP contribution in [0.1, 0.15) is 66.6 Å². The fourth-order valence-electron chi connectivity index (χ4n) is 3.76. The van der Waals surface area contributed by atoms with Crippen molar-refractivity contribution in [2.75, 3.05) is 0 Å². The van der Waals surface area contributed by atoms with E-state index in [4.69, 9.17) is 0 Å². The van der Waals surface area contributed by atoms with Crippen molar-refractivity contribution >= 4 is 11.3 Å². The second kappa shape index (κ2) is 6.05. The molecule has 2 aromatic rings. The summed E-state index contributed by atoms with van der Waals surface area (Å²) < 4.78 is 2.14. The van der Waals surface area contributed by atoms with Gasteiger partial charge in [0.2, 0.25) is 0 Å². The SMILES string of the molecule is Cc1cccn2c(C)cc(C(=O)CCC3CCCCC3)c12. The number of pyridine rings is 1. The van der Waals surface area contributed by atoms with Crippen LogP contribution in [0.15, 0.2) is 24.4 Å². The normalized spacial score (nSPS) is 16.5. The van der Waals surface area contributed by atoms with Crippen LogP contribution in [-0.2, 0) is 0 Å². The van der Waals surface area contributed by atoms with Crippen LogP contribution in [0.5, 0.6) is 0 Å². The van der Waals surface area contributed by atoms with E-state index in [0.29, 0.717) is 12.2 Å². The number of carbonyl (C=O) groups excluding carboxylic acids is 1. The van der Waals surface area contributed by atoms with Gasteiger partial charge in [-0.3, -0.25) is 4.79 Å². The molecule has 0 saturated heterocycles. The number of nitrogens with zero attached hydrogens (tertiary/aromatic N) is 1. The zero-order valence-electron chi connectivity index (χ0n) is 13.2. The first kappa shape index (κ1) is 14.4. The van der Waals surface area contributed by atoms with Crippen molar-refractivity contribution in [3.8, 4) is 0 Å². The number of hydrogen-bond acceptors (Lipinski definition) is 1. The number of rotatable bonds is 4. The zero-order chi connectivity index (χ0) is 14.8. The third kappa shape index (κ3) is 2.90. The Morgan fingerprint density at radius 1 is 1.24 bits per heavy atom. The monoisotopic (exact) mass is 283 g/mol. The van der Waals surface area contributed by atoms with E-state index >= 15 is 0 Å². The van der Waals surface area contributed by atoms with Crippen LogP contribution >= 0.6 is 0 Å². The number of carbonyl (C=O) groups is 1. The predicted octanol–water partition coefficient (Wildman–Crippen LogP) is 5.10. The average Bonchev–Trinajstić information content (AvgIpc) is 2.85. The van der Waals surface area contributed by atoms with E-state index in [2.05, 4.69) is 36.6 Å². The molecule has 3 rings (SSSR count). The molecule has 0 aromatic carbocycles. The summed E-state index contributed by atoms with van der Waals surface area (Å²) >= 11 is 0. The van der Waals surface area contributed by atoms with Crippen molar-refractivity contribution < 1.29 is 4.79 Å². The first-order valence-corrected chi connectivity index (χ1v) is 8.27. The van der Waals surface area contributed by atoms with Gasteiger partial charge in [-0.2, -0.15) is 0 Å². The number of fused-ring (bicyclic) bond motifs is 1. The number of hydrogen-bond donors (Lipinski definition) is 0. The topological polar surface area (TPSA) is 21.5 Å². The maximum Gasteiger partial charge on any atom is 0.165 e. The van der Waals surface area contributed by atoms with Crippen molar-refractivity contribution in [3.05, 3.63) is 41.2 Å². The first-order chi connectivity index (χ1) is 10.2. The number of Topliss-reactive ketones (excluding diaryl/α,β-unsaturated/α-hetero) is 1. The molecule has 112 valence electrons. The van der Waals surface area contributed by atoms with E-state index in [1.165, 1.54) is 37.7 Å². The highest BCUT2D eigenvalue weighted by molar-refractivity contribution is 6.03. The molecule has 1 aliphatic carbocycles. The molecule has 0 atom stereocenters. The largest absolute Gasteiger partial charge is 0.320 e. The van der Waals surface area contributed by atoms with E-state index in [1.54, 1.807) is 0 Å². The quantitative estimate of drug-likeness (QED) is 0.715. The maximum absolute atomic E-state index is 12.7. The lowest BCUT2D eigenvalue weighted by Gasteiger charge is -2.20. The number of aromatic nitrogens is 1. The van der Waals surface area contributed by atoms with Crippen molar-refractivity contribution in [3.63, 3.8) is 0 Å². The summed E-state index contributed by atoms with van der Waals surface area (Å²) in [6.45, 7) is 4.16.